The van der Waals surface area contributed by atoms with Crippen LogP contribution in [0.15, 0.2) is 47.4 Å². The fourth-order valence-electron chi connectivity index (χ4n) is 2.92. The molecule has 0 atom stereocenters. The summed E-state index contributed by atoms with van der Waals surface area (Å²) < 4.78 is 28.3. The molecule has 7 nitrogen and oxygen atoms in total. The van der Waals surface area contributed by atoms with Crippen LogP contribution in [-0.2, 0) is 10.0 Å². The van der Waals surface area contributed by atoms with Crippen molar-refractivity contribution in [2.45, 2.75) is 44.4 Å². The Morgan fingerprint density at radius 1 is 1.03 bits per heavy atom. The maximum Gasteiger partial charge on any atom is 0.335 e. The number of hydrogen-bond donors (Lipinski definition) is 3. The minimum Gasteiger partial charge on any atom is -0.508 e. The Labute approximate surface area is 172 Å². The third-order valence-corrected chi connectivity index (χ3v) is 5.88. The van der Waals surface area contributed by atoms with Gasteiger partial charge < -0.3 is 15.1 Å². The molecule has 0 unspecified atom stereocenters. The second-order valence-corrected chi connectivity index (χ2v) is 8.52. The molecule has 2 aromatic carbocycles. The molecule has 0 bridgehead atoms. The van der Waals surface area contributed by atoms with Crippen molar-refractivity contribution >= 4 is 27.4 Å². The average Bonchev–Trinajstić information content (AvgIpc) is 2.69. The zero-order valence-corrected chi connectivity index (χ0v) is 17.6. The molecule has 0 aliphatic carbocycles. The number of benzene rings is 2. The lowest BCUT2D eigenvalue weighted by molar-refractivity contribution is 0.0696. The van der Waals surface area contributed by atoms with Crippen LogP contribution in [0.2, 0.25) is 0 Å². The van der Waals surface area contributed by atoms with Gasteiger partial charge in [-0.1, -0.05) is 32.8 Å². The Morgan fingerprint density at radius 3 is 2.28 bits per heavy atom. The van der Waals surface area contributed by atoms with Gasteiger partial charge >= 0.3 is 5.97 Å². The Hall–Kier alpha value is -2.74. The first-order valence-electron chi connectivity index (χ1n) is 9.72. The molecule has 0 aliphatic rings. The van der Waals surface area contributed by atoms with Crippen LogP contribution in [0.4, 0.5) is 11.4 Å². The highest BCUT2D eigenvalue weighted by Crippen LogP contribution is 2.32. The first-order valence-corrected chi connectivity index (χ1v) is 11.2. The summed E-state index contributed by atoms with van der Waals surface area (Å²) in [5.41, 5.74) is 0.840. The Bertz CT molecular complexity index is 936. The summed E-state index contributed by atoms with van der Waals surface area (Å²) in [5, 5.41) is 19.1. The van der Waals surface area contributed by atoms with Crippen LogP contribution in [0.3, 0.4) is 0 Å². The predicted octanol–water partition coefficient (Wildman–Crippen LogP) is 4.30. The number of hydrogen-bond acceptors (Lipinski definition) is 5. The van der Waals surface area contributed by atoms with Gasteiger partial charge in [0.1, 0.15) is 5.75 Å². The number of phenolic OH excluding ortho intramolecular Hbond substituents is 1. The van der Waals surface area contributed by atoms with E-state index in [0.717, 1.165) is 44.8 Å². The van der Waals surface area contributed by atoms with Gasteiger partial charge in [-0.05, 0) is 43.2 Å². The highest BCUT2D eigenvalue weighted by Gasteiger charge is 2.20. The molecule has 0 heterocycles. The van der Waals surface area contributed by atoms with Gasteiger partial charge in [-0.2, -0.15) is 0 Å². The van der Waals surface area contributed by atoms with Crippen LogP contribution in [0.25, 0.3) is 0 Å². The van der Waals surface area contributed by atoms with Crippen molar-refractivity contribution in [3.05, 3.63) is 48.0 Å². The van der Waals surface area contributed by atoms with E-state index in [-0.39, 0.29) is 16.2 Å². The number of sulfonamides is 1. The van der Waals surface area contributed by atoms with Crippen LogP contribution < -0.4 is 9.62 Å². The Morgan fingerprint density at radius 2 is 1.69 bits per heavy atom. The molecule has 3 N–H and O–H groups in total. The summed E-state index contributed by atoms with van der Waals surface area (Å²) in [6, 6.07) is 9.70. The summed E-state index contributed by atoms with van der Waals surface area (Å²) in [7, 11) is -4.00. The van der Waals surface area contributed by atoms with Crippen LogP contribution >= 0.6 is 0 Å². The van der Waals surface area contributed by atoms with Gasteiger partial charge in [0, 0.05) is 19.2 Å². The molecule has 158 valence electrons. The highest BCUT2D eigenvalue weighted by atomic mass is 32.2. The Balaban J connectivity index is 2.41. The molecule has 0 spiro atoms. The highest BCUT2D eigenvalue weighted by molar-refractivity contribution is 7.92. The smallest absolute Gasteiger partial charge is 0.335 e. The molecular formula is C21H28N2O5S. The van der Waals surface area contributed by atoms with Crippen molar-refractivity contribution in [1.29, 1.82) is 0 Å². The number of aromatic hydroxyl groups is 1. The standard InChI is InChI=1S/C21H28N2O5S/c1-3-5-12-23(13-6-4-2)20-15-17(24)10-11-19(20)22-29(27,28)18-9-7-8-16(14-18)21(25)26/h7-11,14-15,22,24H,3-6,12-13H2,1-2H3,(H,25,26). The third kappa shape index (κ3) is 6.12. The van der Waals surface area contributed by atoms with Crippen LogP contribution in [-0.4, -0.2) is 37.7 Å². The van der Waals surface area contributed by atoms with E-state index in [1.165, 1.54) is 30.3 Å². The number of aromatic carboxylic acids is 1. The van der Waals surface area contributed by atoms with Gasteiger partial charge in [0.2, 0.25) is 0 Å². The van der Waals surface area contributed by atoms with Gasteiger partial charge in [-0.3, -0.25) is 4.72 Å². The summed E-state index contributed by atoms with van der Waals surface area (Å²) in [5.74, 6) is -1.15. The topological polar surface area (TPSA) is 107 Å². The number of anilines is 2. The van der Waals surface area contributed by atoms with Gasteiger partial charge in [-0.25, -0.2) is 13.2 Å². The van der Waals surface area contributed by atoms with E-state index in [9.17, 15) is 18.3 Å². The SMILES string of the molecule is CCCCN(CCCC)c1cc(O)ccc1NS(=O)(=O)c1cccc(C(=O)O)c1. The van der Waals surface area contributed by atoms with Crippen LogP contribution in [0, 0.1) is 0 Å². The zero-order chi connectivity index (χ0) is 21.4. The lowest BCUT2D eigenvalue weighted by Crippen LogP contribution is -2.27. The number of rotatable bonds is 11. The van der Waals surface area contributed by atoms with E-state index < -0.39 is 16.0 Å². The maximum atomic E-state index is 12.9. The average molecular weight is 421 g/mol. The summed E-state index contributed by atoms with van der Waals surface area (Å²) in [6.07, 6.45) is 3.85. The minimum absolute atomic E-state index is 0.0498. The molecule has 0 saturated carbocycles. The minimum atomic E-state index is -4.00. The lowest BCUT2D eigenvalue weighted by Gasteiger charge is -2.27. The molecule has 0 aromatic heterocycles. The fraction of sp³-hybridized carbons (Fsp3) is 0.381. The number of carbonyl (C=O) groups is 1. The van der Waals surface area contributed by atoms with E-state index in [1.54, 1.807) is 6.07 Å². The molecule has 2 rings (SSSR count). The van der Waals surface area contributed by atoms with Gasteiger partial charge in [0.15, 0.2) is 0 Å². The van der Waals surface area contributed by atoms with Crippen molar-refractivity contribution in [2.24, 2.45) is 0 Å². The second kappa shape index (κ2) is 10.2. The number of nitrogens with one attached hydrogen (secondary N) is 1. The van der Waals surface area contributed by atoms with E-state index in [2.05, 4.69) is 23.5 Å². The van der Waals surface area contributed by atoms with Gasteiger partial charge in [-0.15, -0.1) is 0 Å². The lowest BCUT2D eigenvalue weighted by atomic mass is 10.2. The monoisotopic (exact) mass is 420 g/mol. The van der Waals surface area contributed by atoms with Crippen molar-refractivity contribution in [2.75, 3.05) is 22.7 Å². The number of unbranched alkanes of at least 4 members (excludes halogenated alkanes) is 2. The number of nitrogens with zero attached hydrogens (tertiary/aromatic N) is 1. The largest absolute Gasteiger partial charge is 0.508 e. The maximum absolute atomic E-state index is 12.9. The summed E-state index contributed by atoms with van der Waals surface area (Å²) in [6.45, 7) is 5.64. The fourth-order valence-corrected chi connectivity index (χ4v) is 4.04. The van der Waals surface area contributed by atoms with E-state index >= 15 is 0 Å². The molecule has 0 fully saturated rings. The molecular weight excluding hydrogens is 392 g/mol. The van der Waals surface area contributed by atoms with Gasteiger partial charge in [0.05, 0.1) is 21.8 Å². The van der Waals surface area contributed by atoms with E-state index in [0.29, 0.717) is 11.4 Å². The first kappa shape index (κ1) is 22.5. The van der Waals surface area contributed by atoms with E-state index in [1.807, 2.05) is 0 Å². The number of phenols is 1. The molecule has 0 amide bonds. The van der Waals surface area contributed by atoms with Crippen LogP contribution in [0.1, 0.15) is 49.9 Å². The summed E-state index contributed by atoms with van der Waals surface area (Å²) >= 11 is 0. The quantitative estimate of drug-likeness (QED) is 0.468. The molecule has 8 heteroatoms. The summed E-state index contributed by atoms with van der Waals surface area (Å²) in [4.78, 5) is 13.1. The normalized spacial score (nSPS) is 11.2. The third-order valence-electron chi connectivity index (χ3n) is 4.52. The molecule has 0 saturated heterocycles. The number of carboxylic acid groups (broad SMARTS) is 1. The molecule has 29 heavy (non-hydrogen) atoms. The molecule has 0 radical (unpaired) electrons. The van der Waals surface area contributed by atoms with Crippen molar-refractivity contribution in [3.63, 3.8) is 0 Å². The predicted molar refractivity (Wildman–Crippen MR) is 114 cm³/mol. The van der Waals surface area contributed by atoms with Crippen molar-refractivity contribution in [1.82, 2.24) is 0 Å². The Kier molecular flexibility index (Phi) is 7.90. The van der Waals surface area contributed by atoms with Crippen molar-refractivity contribution in [3.8, 4) is 5.75 Å². The zero-order valence-electron chi connectivity index (χ0n) is 16.8. The molecule has 0 aliphatic heterocycles. The number of carboxylic acids is 1. The van der Waals surface area contributed by atoms with E-state index in [4.69, 9.17) is 5.11 Å². The molecule has 2 aromatic rings. The van der Waals surface area contributed by atoms with Crippen LogP contribution in [0.5, 0.6) is 5.75 Å². The van der Waals surface area contributed by atoms with Gasteiger partial charge in [0.25, 0.3) is 10.0 Å². The first-order chi connectivity index (χ1) is 13.8. The van der Waals surface area contributed by atoms with Crippen molar-refractivity contribution < 1.29 is 23.4 Å². The second-order valence-electron chi connectivity index (χ2n) is 6.83.